The molecule has 28 heavy (non-hydrogen) atoms. The topological polar surface area (TPSA) is 85.4 Å². The molecule has 2 rings (SSSR count). The van der Waals surface area contributed by atoms with Gasteiger partial charge in [0.15, 0.2) is 0 Å². The minimum atomic E-state index is -0.984. The van der Waals surface area contributed by atoms with Gasteiger partial charge in [0.2, 0.25) is 0 Å². The Bertz CT molecular complexity index is 664. The molecule has 6 nitrogen and oxygen atoms in total. The van der Waals surface area contributed by atoms with Crippen LogP contribution in [0.25, 0.3) is 0 Å². The number of hydrogen-bond acceptors (Lipinski definition) is 6. The molecule has 1 aliphatic heterocycles. The fourth-order valence-electron chi connectivity index (χ4n) is 4.01. The lowest BCUT2D eigenvalue weighted by atomic mass is 9.77. The van der Waals surface area contributed by atoms with E-state index < -0.39 is 36.2 Å². The molecule has 0 aromatic rings. The minimum absolute atomic E-state index is 0.0246. The number of hydrogen-bond donors (Lipinski definition) is 1. The summed E-state index contributed by atoms with van der Waals surface area (Å²) < 4.78 is 17.5. The quantitative estimate of drug-likeness (QED) is 0.341. The van der Waals surface area contributed by atoms with Gasteiger partial charge in [-0.1, -0.05) is 26.0 Å². The predicted octanol–water partition coefficient (Wildman–Crippen LogP) is 3.33. The van der Waals surface area contributed by atoms with E-state index in [0.29, 0.717) is 5.57 Å². The largest absolute Gasteiger partial charge is 0.459 e. The highest BCUT2D eigenvalue weighted by molar-refractivity contribution is 5.87. The van der Waals surface area contributed by atoms with Gasteiger partial charge in [0.05, 0.1) is 5.60 Å². The Labute approximate surface area is 167 Å². The first-order chi connectivity index (χ1) is 13.0. The number of aliphatic hydroxyl groups excluding tert-OH is 1. The number of ether oxygens (including phenoxy) is 3. The number of rotatable bonds is 4. The lowest BCUT2D eigenvalue weighted by molar-refractivity contribution is -0.169. The number of aliphatic hydroxyl groups is 1. The van der Waals surface area contributed by atoms with Crippen LogP contribution in [-0.2, 0) is 23.8 Å². The summed E-state index contributed by atoms with van der Waals surface area (Å²) in [6.45, 7) is 12.6. The van der Waals surface area contributed by atoms with Crippen molar-refractivity contribution in [3.05, 3.63) is 23.3 Å². The van der Waals surface area contributed by atoms with Crippen molar-refractivity contribution < 1.29 is 28.9 Å². The van der Waals surface area contributed by atoms with E-state index >= 15 is 0 Å². The lowest BCUT2D eigenvalue weighted by Gasteiger charge is -2.38. The van der Waals surface area contributed by atoms with Crippen LogP contribution >= 0.6 is 0 Å². The molecule has 2 aliphatic rings. The zero-order valence-electron chi connectivity index (χ0n) is 18.0. The summed E-state index contributed by atoms with van der Waals surface area (Å²) in [5, 5.41) is 11.1. The van der Waals surface area contributed by atoms with Crippen molar-refractivity contribution in [1.82, 2.24) is 0 Å². The molecule has 158 valence electrons. The monoisotopic (exact) mass is 394 g/mol. The molecule has 0 spiro atoms. The number of fused-ring (bicyclic) bond motifs is 1. The fourth-order valence-corrected chi connectivity index (χ4v) is 4.01. The van der Waals surface area contributed by atoms with E-state index in [1.54, 1.807) is 19.9 Å². The summed E-state index contributed by atoms with van der Waals surface area (Å²) in [6.07, 6.45) is 2.42. The Balaban J connectivity index is 2.51. The molecule has 1 heterocycles. The number of esters is 2. The van der Waals surface area contributed by atoms with Gasteiger partial charge >= 0.3 is 11.9 Å². The molecule has 6 atom stereocenters. The van der Waals surface area contributed by atoms with Gasteiger partial charge in [0.1, 0.15) is 24.4 Å². The molecule has 0 aromatic carbocycles. The average Bonchev–Trinajstić information content (AvgIpc) is 3.28. The van der Waals surface area contributed by atoms with Gasteiger partial charge in [-0.25, -0.2) is 4.79 Å². The molecule has 0 aromatic heterocycles. The highest BCUT2D eigenvalue weighted by atomic mass is 16.6. The summed E-state index contributed by atoms with van der Waals surface area (Å²) in [4.78, 5) is 24.4. The van der Waals surface area contributed by atoms with Crippen LogP contribution in [0.1, 0.15) is 61.3 Å². The van der Waals surface area contributed by atoms with Crippen molar-refractivity contribution in [2.45, 2.75) is 91.3 Å². The van der Waals surface area contributed by atoms with Crippen LogP contribution in [0.2, 0.25) is 0 Å². The summed E-state index contributed by atoms with van der Waals surface area (Å²) in [7, 11) is 0. The van der Waals surface area contributed by atoms with Crippen LogP contribution in [-0.4, -0.2) is 47.1 Å². The average molecular weight is 395 g/mol. The molecule has 1 N–H and O–H groups in total. The van der Waals surface area contributed by atoms with E-state index in [1.165, 1.54) is 6.92 Å². The second kappa shape index (κ2) is 8.78. The van der Waals surface area contributed by atoms with Crippen molar-refractivity contribution >= 4 is 11.9 Å². The van der Waals surface area contributed by atoms with Gasteiger partial charge in [0, 0.05) is 18.4 Å². The van der Waals surface area contributed by atoms with Crippen LogP contribution in [0.5, 0.6) is 0 Å². The molecule has 1 aliphatic carbocycles. The standard InChI is InChI=1S/C22H34O6/c1-8-13(4)21(25)27-18-16(12(2)3)19(26-15(6)23)20-22(7,28-20)11-9-10-14(5)17(18)24/h8,10,12,16-20,24H,9,11H2,1-7H3/b13-8+,14-10-/t16-,17-,18-,19-,20+,22+/m0/s1. The zero-order chi connectivity index (χ0) is 21.2. The first-order valence-corrected chi connectivity index (χ1v) is 10.1. The molecule has 0 radical (unpaired) electrons. The second-order valence-electron chi connectivity index (χ2n) is 8.52. The molecular weight excluding hydrogens is 360 g/mol. The third kappa shape index (κ3) is 4.84. The van der Waals surface area contributed by atoms with E-state index in [2.05, 4.69) is 0 Å². The Morgan fingerprint density at radius 3 is 2.46 bits per heavy atom. The van der Waals surface area contributed by atoms with Crippen molar-refractivity contribution in [1.29, 1.82) is 0 Å². The summed E-state index contributed by atoms with van der Waals surface area (Å²) in [5.74, 6) is -1.34. The van der Waals surface area contributed by atoms with Crippen LogP contribution < -0.4 is 0 Å². The Hall–Kier alpha value is -1.66. The smallest absolute Gasteiger partial charge is 0.333 e. The predicted molar refractivity (Wildman–Crippen MR) is 105 cm³/mol. The number of allylic oxidation sites excluding steroid dienone is 2. The van der Waals surface area contributed by atoms with Crippen LogP contribution in [0, 0.1) is 11.8 Å². The maximum absolute atomic E-state index is 12.5. The van der Waals surface area contributed by atoms with Crippen molar-refractivity contribution in [3.63, 3.8) is 0 Å². The zero-order valence-corrected chi connectivity index (χ0v) is 18.0. The molecule has 0 bridgehead atoms. The second-order valence-corrected chi connectivity index (χ2v) is 8.52. The molecule has 6 heteroatoms. The number of carbonyl (C=O) groups is 2. The van der Waals surface area contributed by atoms with Gasteiger partial charge in [-0.15, -0.1) is 0 Å². The first-order valence-electron chi connectivity index (χ1n) is 10.1. The molecule has 1 fully saturated rings. The normalized spacial score (nSPS) is 38.1. The van der Waals surface area contributed by atoms with E-state index in [0.717, 1.165) is 18.4 Å². The van der Waals surface area contributed by atoms with Crippen molar-refractivity contribution in [3.8, 4) is 0 Å². The molecule has 1 saturated heterocycles. The number of carbonyl (C=O) groups excluding carboxylic acids is 2. The number of epoxide rings is 1. The van der Waals surface area contributed by atoms with Crippen molar-refractivity contribution in [2.24, 2.45) is 11.8 Å². The van der Waals surface area contributed by atoms with Crippen LogP contribution in [0.15, 0.2) is 23.3 Å². The highest BCUT2D eigenvalue weighted by Gasteiger charge is 2.61. The third-order valence-corrected chi connectivity index (χ3v) is 5.95. The van der Waals surface area contributed by atoms with Crippen LogP contribution in [0.3, 0.4) is 0 Å². The van der Waals surface area contributed by atoms with Gasteiger partial charge in [-0.2, -0.15) is 0 Å². The minimum Gasteiger partial charge on any atom is -0.459 e. The third-order valence-electron chi connectivity index (χ3n) is 5.95. The molecule has 0 unspecified atom stereocenters. The Morgan fingerprint density at radius 2 is 1.93 bits per heavy atom. The molecular formula is C22H34O6. The van der Waals surface area contributed by atoms with E-state index in [-0.39, 0.29) is 17.6 Å². The fraction of sp³-hybridized carbons (Fsp3) is 0.727. The van der Waals surface area contributed by atoms with E-state index in [4.69, 9.17) is 14.2 Å². The Kier molecular flexibility index (Phi) is 7.10. The maximum Gasteiger partial charge on any atom is 0.333 e. The summed E-state index contributed by atoms with van der Waals surface area (Å²) in [5.41, 5.74) is 0.816. The van der Waals surface area contributed by atoms with E-state index in [9.17, 15) is 14.7 Å². The van der Waals surface area contributed by atoms with Gasteiger partial charge in [-0.3, -0.25) is 4.79 Å². The van der Waals surface area contributed by atoms with E-state index in [1.807, 2.05) is 33.8 Å². The highest BCUT2D eigenvalue weighted by Crippen LogP contribution is 2.48. The van der Waals surface area contributed by atoms with Crippen LogP contribution in [0.4, 0.5) is 0 Å². The molecule has 0 saturated carbocycles. The lowest BCUT2D eigenvalue weighted by Crippen LogP contribution is -2.50. The van der Waals surface area contributed by atoms with Gasteiger partial charge in [-0.05, 0) is 52.0 Å². The van der Waals surface area contributed by atoms with Gasteiger partial charge < -0.3 is 19.3 Å². The summed E-state index contributed by atoms with van der Waals surface area (Å²) >= 11 is 0. The maximum atomic E-state index is 12.5. The van der Waals surface area contributed by atoms with Crippen molar-refractivity contribution in [2.75, 3.05) is 0 Å². The Morgan fingerprint density at radius 1 is 1.29 bits per heavy atom. The van der Waals surface area contributed by atoms with Gasteiger partial charge in [0.25, 0.3) is 0 Å². The summed E-state index contributed by atoms with van der Waals surface area (Å²) in [6, 6.07) is 0. The first kappa shape index (κ1) is 22.6. The SMILES string of the molecule is C/C=C(\C)C(=O)O[C@H]1[C@H](C(C)C)[C@H](OC(C)=O)[C@H]2O[C@]2(C)CC/C=C(/C)[C@@H]1O. The molecule has 0 amide bonds.